The number of nitrogens with zero attached hydrogens (tertiary/aromatic N) is 1. The molecule has 1 atom stereocenters. The summed E-state index contributed by atoms with van der Waals surface area (Å²) < 4.78 is 0. The van der Waals surface area contributed by atoms with Gasteiger partial charge < -0.3 is 10.4 Å². The number of hydrogen-bond donors (Lipinski definition) is 2. The maximum absolute atomic E-state index is 9.24. The third-order valence-electron chi connectivity index (χ3n) is 3.11. The van der Waals surface area contributed by atoms with E-state index in [4.69, 9.17) is 0 Å². The van der Waals surface area contributed by atoms with Crippen molar-refractivity contribution in [1.82, 2.24) is 10.3 Å². The van der Waals surface area contributed by atoms with E-state index in [0.717, 1.165) is 18.7 Å². The quantitative estimate of drug-likeness (QED) is 0.864. The average molecular weight is 256 g/mol. The molecular formula is C16H20N2O. The van der Waals surface area contributed by atoms with Gasteiger partial charge in [-0.05, 0) is 49.6 Å². The summed E-state index contributed by atoms with van der Waals surface area (Å²) in [7, 11) is 0. The van der Waals surface area contributed by atoms with E-state index in [-0.39, 0.29) is 0 Å². The summed E-state index contributed by atoms with van der Waals surface area (Å²) >= 11 is 0. The highest BCUT2D eigenvalue weighted by molar-refractivity contribution is 5.26. The number of phenolic OH excluding ortho intramolecular Hbond substituents is 1. The highest BCUT2D eigenvalue weighted by Gasteiger charge is 2.03. The second-order valence-electron chi connectivity index (χ2n) is 4.96. The van der Waals surface area contributed by atoms with Gasteiger partial charge in [0.05, 0.1) is 0 Å². The van der Waals surface area contributed by atoms with Crippen LogP contribution < -0.4 is 5.32 Å². The predicted molar refractivity (Wildman–Crippen MR) is 77.1 cm³/mol. The van der Waals surface area contributed by atoms with E-state index in [1.54, 1.807) is 12.1 Å². The van der Waals surface area contributed by atoms with E-state index < -0.39 is 0 Å². The van der Waals surface area contributed by atoms with Gasteiger partial charge >= 0.3 is 0 Å². The number of aryl methyl sites for hydroxylation is 1. The van der Waals surface area contributed by atoms with Crippen LogP contribution in [0.4, 0.5) is 0 Å². The van der Waals surface area contributed by atoms with Gasteiger partial charge in [0.2, 0.25) is 0 Å². The molecule has 0 fully saturated rings. The minimum absolute atomic E-state index is 0.315. The number of pyridine rings is 1. The highest BCUT2D eigenvalue weighted by atomic mass is 16.3. The van der Waals surface area contributed by atoms with Gasteiger partial charge in [0.15, 0.2) is 0 Å². The monoisotopic (exact) mass is 256 g/mol. The second-order valence-corrected chi connectivity index (χ2v) is 4.96. The number of rotatable bonds is 5. The standard InChI is InChI=1S/C16H20N2O/c1-12-3-4-15(10-17-12)11-18-13(2)9-14-5-7-16(19)8-6-14/h3-8,10,13,18-19H,9,11H2,1-2H3. The van der Waals surface area contributed by atoms with E-state index in [9.17, 15) is 5.11 Å². The molecule has 0 aliphatic carbocycles. The third kappa shape index (κ3) is 4.38. The van der Waals surface area contributed by atoms with Crippen molar-refractivity contribution >= 4 is 0 Å². The van der Waals surface area contributed by atoms with Gasteiger partial charge in [0, 0.05) is 24.5 Å². The van der Waals surface area contributed by atoms with E-state index in [0.29, 0.717) is 11.8 Å². The lowest BCUT2D eigenvalue weighted by Crippen LogP contribution is -2.27. The van der Waals surface area contributed by atoms with Crippen LogP contribution in [0.2, 0.25) is 0 Å². The Bertz CT molecular complexity index is 505. The molecule has 1 heterocycles. The molecule has 100 valence electrons. The summed E-state index contributed by atoms with van der Waals surface area (Å²) in [5.41, 5.74) is 3.46. The number of benzene rings is 1. The Kier molecular flexibility index (Phi) is 4.53. The van der Waals surface area contributed by atoms with Crippen LogP contribution in [-0.2, 0) is 13.0 Å². The Morgan fingerprint density at radius 2 is 1.79 bits per heavy atom. The van der Waals surface area contributed by atoms with Crippen molar-refractivity contribution in [2.45, 2.75) is 32.9 Å². The van der Waals surface area contributed by atoms with Crippen molar-refractivity contribution in [1.29, 1.82) is 0 Å². The fourth-order valence-electron chi connectivity index (χ4n) is 1.95. The van der Waals surface area contributed by atoms with Crippen molar-refractivity contribution in [2.24, 2.45) is 0 Å². The fourth-order valence-corrected chi connectivity index (χ4v) is 1.95. The number of hydrogen-bond acceptors (Lipinski definition) is 3. The van der Waals surface area contributed by atoms with Crippen LogP contribution in [-0.4, -0.2) is 16.1 Å². The maximum Gasteiger partial charge on any atom is 0.115 e. The zero-order valence-corrected chi connectivity index (χ0v) is 11.4. The molecule has 2 aromatic rings. The van der Waals surface area contributed by atoms with Crippen molar-refractivity contribution in [3.05, 3.63) is 59.4 Å². The molecule has 2 N–H and O–H groups in total. The summed E-state index contributed by atoms with van der Waals surface area (Å²) in [6, 6.07) is 11.9. The Hall–Kier alpha value is -1.87. The average Bonchev–Trinajstić information content (AvgIpc) is 2.41. The van der Waals surface area contributed by atoms with Crippen molar-refractivity contribution < 1.29 is 5.11 Å². The van der Waals surface area contributed by atoms with Crippen molar-refractivity contribution in [3.63, 3.8) is 0 Å². The third-order valence-corrected chi connectivity index (χ3v) is 3.11. The van der Waals surface area contributed by atoms with Crippen molar-refractivity contribution in [2.75, 3.05) is 0 Å². The molecule has 1 aromatic carbocycles. The summed E-state index contributed by atoms with van der Waals surface area (Å²) in [4.78, 5) is 4.28. The van der Waals surface area contributed by atoms with Crippen LogP contribution in [0.3, 0.4) is 0 Å². The normalized spacial score (nSPS) is 12.3. The molecule has 0 spiro atoms. The summed E-state index contributed by atoms with van der Waals surface area (Å²) in [5, 5.41) is 12.7. The number of phenols is 1. The van der Waals surface area contributed by atoms with Crippen LogP contribution >= 0.6 is 0 Å². The minimum atomic E-state index is 0.315. The topological polar surface area (TPSA) is 45.1 Å². The zero-order chi connectivity index (χ0) is 13.7. The van der Waals surface area contributed by atoms with Crippen LogP contribution in [0.1, 0.15) is 23.7 Å². The number of nitrogens with one attached hydrogen (secondary N) is 1. The molecule has 0 amide bonds. The maximum atomic E-state index is 9.24. The first-order valence-electron chi connectivity index (χ1n) is 6.56. The molecule has 19 heavy (non-hydrogen) atoms. The van der Waals surface area contributed by atoms with E-state index in [1.165, 1.54) is 11.1 Å². The van der Waals surface area contributed by atoms with Crippen LogP contribution in [0.15, 0.2) is 42.6 Å². The Labute approximate surface area is 114 Å². The molecule has 3 nitrogen and oxygen atoms in total. The van der Waals surface area contributed by atoms with Gasteiger partial charge in [-0.15, -0.1) is 0 Å². The van der Waals surface area contributed by atoms with Gasteiger partial charge in [-0.3, -0.25) is 4.98 Å². The Balaban J connectivity index is 1.82. The van der Waals surface area contributed by atoms with Crippen LogP contribution in [0, 0.1) is 6.92 Å². The molecular weight excluding hydrogens is 236 g/mol. The lowest BCUT2D eigenvalue weighted by atomic mass is 10.1. The first-order valence-corrected chi connectivity index (χ1v) is 6.56. The molecule has 1 unspecified atom stereocenters. The SMILES string of the molecule is Cc1ccc(CNC(C)Cc2ccc(O)cc2)cn1. The van der Waals surface area contributed by atoms with Crippen molar-refractivity contribution in [3.8, 4) is 5.75 Å². The molecule has 0 saturated carbocycles. The lowest BCUT2D eigenvalue weighted by molar-refractivity contribution is 0.474. The van der Waals surface area contributed by atoms with Gasteiger partial charge in [-0.1, -0.05) is 18.2 Å². The molecule has 2 rings (SSSR count). The Morgan fingerprint density at radius 3 is 2.42 bits per heavy atom. The molecule has 3 heteroatoms. The van der Waals surface area contributed by atoms with E-state index in [2.05, 4.69) is 23.3 Å². The Morgan fingerprint density at radius 1 is 1.11 bits per heavy atom. The fraction of sp³-hybridized carbons (Fsp3) is 0.312. The van der Waals surface area contributed by atoms with E-state index in [1.807, 2.05) is 31.3 Å². The first kappa shape index (κ1) is 13.6. The van der Waals surface area contributed by atoms with E-state index >= 15 is 0 Å². The highest BCUT2D eigenvalue weighted by Crippen LogP contribution is 2.11. The van der Waals surface area contributed by atoms with Gasteiger partial charge in [-0.25, -0.2) is 0 Å². The predicted octanol–water partition coefficient (Wildman–Crippen LogP) is 2.82. The van der Waals surface area contributed by atoms with Gasteiger partial charge in [0.25, 0.3) is 0 Å². The minimum Gasteiger partial charge on any atom is -0.508 e. The molecule has 1 aromatic heterocycles. The molecule has 0 bridgehead atoms. The number of aromatic nitrogens is 1. The summed E-state index contributed by atoms with van der Waals surface area (Å²) in [6.45, 7) is 4.98. The largest absolute Gasteiger partial charge is 0.508 e. The zero-order valence-electron chi connectivity index (χ0n) is 11.4. The molecule has 0 radical (unpaired) electrons. The number of aromatic hydroxyl groups is 1. The van der Waals surface area contributed by atoms with Crippen LogP contribution in [0.5, 0.6) is 5.75 Å². The summed E-state index contributed by atoms with van der Waals surface area (Å²) in [5.74, 6) is 0.315. The second kappa shape index (κ2) is 6.34. The first-order chi connectivity index (χ1) is 9.13. The smallest absolute Gasteiger partial charge is 0.115 e. The molecule has 0 aliphatic heterocycles. The van der Waals surface area contributed by atoms with Gasteiger partial charge in [0.1, 0.15) is 5.75 Å². The molecule has 0 aliphatic rings. The van der Waals surface area contributed by atoms with Gasteiger partial charge in [-0.2, -0.15) is 0 Å². The summed E-state index contributed by atoms with van der Waals surface area (Å²) in [6.07, 6.45) is 2.86. The molecule has 0 saturated heterocycles. The van der Waals surface area contributed by atoms with Crippen LogP contribution in [0.25, 0.3) is 0 Å². The lowest BCUT2D eigenvalue weighted by Gasteiger charge is -2.14.